The van der Waals surface area contributed by atoms with Gasteiger partial charge in [0.1, 0.15) is 0 Å². The van der Waals surface area contributed by atoms with Crippen LogP contribution in [0.1, 0.15) is 22.9 Å². The second kappa shape index (κ2) is 5.03. The van der Waals surface area contributed by atoms with Crippen molar-refractivity contribution in [1.82, 2.24) is 0 Å². The second-order valence-electron chi connectivity index (χ2n) is 2.67. The van der Waals surface area contributed by atoms with Crippen LogP contribution in [0.3, 0.4) is 0 Å². The zero-order valence-electron chi connectivity index (χ0n) is 7.06. The molecule has 0 radical (unpaired) electrons. The van der Waals surface area contributed by atoms with Gasteiger partial charge in [0.05, 0.1) is 0 Å². The summed E-state index contributed by atoms with van der Waals surface area (Å²) in [5.41, 5.74) is 2.83. The van der Waals surface area contributed by atoms with E-state index in [1.165, 1.54) is 11.1 Å². The molecule has 1 aromatic carbocycles. The summed E-state index contributed by atoms with van der Waals surface area (Å²) in [6.07, 6.45) is 1.10. The lowest BCUT2D eigenvalue weighted by Crippen LogP contribution is -1.96. The lowest BCUT2D eigenvalue weighted by Gasteiger charge is -2.10. The van der Waals surface area contributed by atoms with E-state index in [1.54, 1.807) is 0 Å². The van der Waals surface area contributed by atoms with Gasteiger partial charge in [0, 0.05) is 10.2 Å². The summed E-state index contributed by atoms with van der Waals surface area (Å²) < 4.78 is 0. The Morgan fingerprint density at radius 2 is 2.00 bits per heavy atom. The van der Waals surface area contributed by atoms with Gasteiger partial charge in [0.25, 0.3) is 0 Å². The van der Waals surface area contributed by atoms with Crippen molar-refractivity contribution < 1.29 is 0 Å². The summed E-state index contributed by atoms with van der Waals surface area (Å²) in [6, 6.07) is 8.55. The molecular weight excluding hydrogens is 280 g/mol. The average molecular weight is 292 g/mol. The van der Waals surface area contributed by atoms with Gasteiger partial charge in [-0.05, 0) is 17.5 Å². The average Bonchev–Trinajstić information content (AvgIpc) is 2.16. The molecule has 0 saturated heterocycles. The number of benzene rings is 1. The maximum Gasteiger partial charge on any atom is 0.0494 e. The van der Waals surface area contributed by atoms with Crippen molar-refractivity contribution in [1.29, 1.82) is 0 Å². The van der Waals surface area contributed by atoms with E-state index in [9.17, 15) is 0 Å². The highest BCUT2D eigenvalue weighted by Crippen LogP contribution is 2.27. The quantitative estimate of drug-likeness (QED) is 0.736. The molecule has 0 fully saturated rings. The van der Waals surface area contributed by atoms with E-state index < -0.39 is 0 Å². The van der Waals surface area contributed by atoms with Gasteiger partial charge < -0.3 is 0 Å². The molecule has 0 heterocycles. The number of hydrogen-bond acceptors (Lipinski definition) is 0. The van der Waals surface area contributed by atoms with Gasteiger partial charge in [-0.1, -0.05) is 63.0 Å². The van der Waals surface area contributed by atoms with Crippen molar-refractivity contribution in [2.24, 2.45) is 0 Å². The molecule has 0 spiro atoms. The lowest BCUT2D eigenvalue weighted by molar-refractivity contribution is 1.04. The van der Waals surface area contributed by atoms with Crippen molar-refractivity contribution in [3.63, 3.8) is 0 Å². The Morgan fingerprint density at radius 3 is 2.58 bits per heavy atom. The highest BCUT2D eigenvalue weighted by atomic mass is 79.9. The van der Waals surface area contributed by atoms with Crippen LogP contribution in [0.25, 0.3) is 0 Å². The van der Waals surface area contributed by atoms with Crippen LogP contribution in [0.15, 0.2) is 24.3 Å². The Hall–Kier alpha value is 0.180. The minimum absolute atomic E-state index is 0.439. The second-order valence-corrected chi connectivity index (χ2v) is 4.43. The van der Waals surface area contributed by atoms with E-state index in [1.807, 2.05) is 0 Å². The van der Waals surface area contributed by atoms with Gasteiger partial charge in [-0.2, -0.15) is 0 Å². The Balaban J connectivity index is 2.96. The van der Waals surface area contributed by atoms with E-state index in [0.29, 0.717) is 4.83 Å². The van der Waals surface area contributed by atoms with Crippen LogP contribution in [0.5, 0.6) is 0 Å². The molecule has 0 aliphatic carbocycles. The van der Waals surface area contributed by atoms with Crippen LogP contribution < -0.4 is 0 Å². The summed E-state index contributed by atoms with van der Waals surface area (Å²) in [6.45, 7) is 2.19. The first-order chi connectivity index (χ1) is 5.79. The molecule has 0 aliphatic rings. The predicted molar refractivity (Wildman–Crippen MR) is 61.3 cm³/mol. The summed E-state index contributed by atoms with van der Waals surface area (Å²) >= 11 is 7.10. The molecule has 0 aliphatic heterocycles. The predicted octanol–water partition coefficient (Wildman–Crippen LogP) is 4.08. The molecule has 0 amide bonds. The van der Waals surface area contributed by atoms with Crippen LogP contribution in [0, 0.1) is 0 Å². The largest absolute Gasteiger partial charge is 0.0912 e. The Labute approximate surface area is 90.6 Å². The van der Waals surface area contributed by atoms with Gasteiger partial charge in [-0.3, -0.25) is 0 Å². The topological polar surface area (TPSA) is 0 Å². The highest BCUT2D eigenvalue weighted by molar-refractivity contribution is 9.12. The van der Waals surface area contributed by atoms with Gasteiger partial charge >= 0.3 is 0 Å². The molecule has 2 heteroatoms. The molecule has 0 aromatic heterocycles. The zero-order chi connectivity index (χ0) is 8.97. The minimum Gasteiger partial charge on any atom is -0.0912 e. The van der Waals surface area contributed by atoms with Crippen LogP contribution in [-0.2, 0) is 6.42 Å². The van der Waals surface area contributed by atoms with Crippen LogP contribution >= 0.6 is 31.9 Å². The first kappa shape index (κ1) is 10.3. The minimum atomic E-state index is 0.439. The van der Waals surface area contributed by atoms with Crippen molar-refractivity contribution in [3.8, 4) is 0 Å². The monoisotopic (exact) mass is 290 g/mol. The summed E-state index contributed by atoms with van der Waals surface area (Å²) in [5.74, 6) is 0. The third-order valence-electron chi connectivity index (χ3n) is 1.91. The molecule has 0 saturated carbocycles. The standard InChI is InChI=1S/C10H12Br2/c1-2-8-5-3-4-6-9(8)10(12)7-11/h3-6,10H,2,7H2,1H3. The zero-order valence-corrected chi connectivity index (χ0v) is 10.2. The fourth-order valence-corrected chi connectivity index (χ4v) is 2.04. The number of halogens is 2. The highest BCUT2D eigenvalue weighted by Gasteiger charge is 2.08. The van der Waals surface area contributed by atoms with Crippen LogP contribution in [0.4, 0.5) is 0 Å². The third-order valence-corrected chi connectivity index (χ3v) is 4.24. The first-order valence-electron chi connectivity index (χ1n) is 4.07. The van der Waals surface area contributed by atoms with E-state index in [0.717, 1.165) is 11.8 Å². The SMILES string of the molecule is CCc1ccccc1C(Br)CBr. The molecule has 1 atom stereocenters. The molecule has 1 rings (SSSR count). The summed E-state index contributed by atoms with van der Waals surface area (Å²) in [5, 5.41) is 0.962. The van der Waals surface area contributed by atoms with Gasteiger partial charge in [0.2, 0.25) is 0 Å². The molecule has 1 aromatic rings. The van der Waals surface area contributed by atoms with Crippen molar-refractivity contribution in [3.05, 3.63) is 35.4 Å². The molecule has 66 valence electrons. The lowest BCUT2D eigenvalue weighted by atomic mass is 10.0. The van der Waals surface area contributed by atoms with Gasteiger partial charge in [-0.15, -0.1) is 0 Å². The van der Waals surface area contributed by atoms with E-state index >= 15 is 0 Å². The van der Waals surface area contributed by atoms with Crippen molar-refractivity contribution in [2.45, 2.75) is 18.2 Å². The smallest absolute Gasteiger partial charge is 0.0494 e. The number of rotatable bonds is 3. The maximum absolute atomic E-state index is 3.63. The van der Waals surface area contributed by atoms with Crippen molar-refractivity contribution in [2.75, 3.05) is 5.33 Å². The molecule has 1 unspecified atom stereocenters. The maximum atomic E-state index is 3.63. The Morgan fingerprint density at radius 1 is 1.33 bits per heavy atom. The first-order valence-corrected chi connectivity index (χ1v) is 6.11. The molecule has 0 bridgehead atoms. The fourth-order valence-electron chi connectivity index (χ4n) is 1.24. The van der Waals surface area contributed by atoms with Crippen LogP contribution in [0.2, 0.25) is 0 Å². The van der Waals surface area contributed by atoms with E-state index in [-0.39, 0.29) is 0 Å². The van der Waals surface area contributed by atoms with Gasteiger partial charge in [-0.25, -0.2) is 0 Å². The van der Waals surface area contributed by atoms with Crippen molar-refractivity contribution >= 4 is 31.9 Å². The Bertz CT molecular complexity index is 245. The fraction of sp³-hybridized carbons (Fsp3) is 0.400. The summed E-state index contributed by atoms with van der Waals surface area (Å²) in [4.78, 5) is 0.439. The normalized spacial score (nSPS) is 12.9. The summed E-state index contributed by atoms with van der Waals surface area (Å²) in [7, 11) is 0. The van der Waals surface area contributed by atoms with Gasteiger partial charge in [0.15, 0.2) is 0 Å². The van der Waals surface area contributed by atoms with E-state index in [4.69, 9.17) is 0 Å². The molecule has 0 nitrogen and oxygen atoms in total. The van der Waals surface area contributed by atoms with Crippen LogP contribution in [-0.4, -0.2) is 5.33 Å². The molecule has 0 N–H and O–H groups in total. The number of aryl methyl sites for hydroxylation is 1. The third kappa shape index (κ3) is 2.33. The molecule has 12 heavy (non-hydrogen) atoms. The Kier molecular flexibility index (Phi) is 4.30. The van der Waals surface area contributed by atoms with E-state index in [2.05, 4.69) is 63.0 Å². The molecular formula is C10H12Br2. The number of hydrogen-bond donors (Lipinski definition) is 0. The number of alkyl halides is 2.